The first-order valence-electron chi connectivity index (χ1n) is 8.80. The summed E-state index contributed by atoms with van der Waals surface area (Å²) >= 11 is 6.30. The Hall–Kier alpha value is -2.08. The Labute approximate surface area is 163 Å². The lowest BCUT2D eigenvalue weighted by Gasteiger charge is -2.37. The summed E-state index contributed by atoms with van der Waals surface area (Å²) < 4.78 is 12.0. The van der Waals surface area contributed by atoms with Crippen molar-refractivity contribution in [2.45, 2.75) is 38.9 Å². The summed E-state index contributed by atoms with van der Waals surface area (Å²) in [7, 11) is 1.65. The van der Waals surface area contributed by atoms with Gasteiger partial charge in [-0.15, -0.1) is 0 Å². The molecular weight excluding hydrogens is 361 g/mol. The van der Waals surface area contributed by atoms with E-state index < -0.39 is 11.2 Å². The van der Waals surface area contributed by atoms with Crippen LogP contribution in [0.1, 0.15) is 27.7 Å². The number of fused-ring (bicyclic) bond motifs is 4. The van der Waals surface area contributed by atoms with Gasteiger partial charge < -0.3 is 14.2 Å². The maximum atomic E-state index is 10.3. The first-order chi connectivity index (χ1) is 12.7. The summed E-state index contributed by atoms with van der Waals surface area (Å²) in [4.78, 5) is 4.39. The number of rotatable bonds is 4. The average molecular weight is 381 g/mol. The van der Waals surface area contributed by atoms with Crippen molar-refractivity contribution in [2.24, 2.45) is 0 Å². The minimum Gasteiger partial charge on any atom is -0.456 e. The molecular formula is C21H20BClNO3. The molecule has 1 N–H and O–H groups in total. The van der Waals surface area contributed by atoms with Crippen LogP contribution in [0.5, 0.6) is 0 Å². The van der Waals surface area contributed by atoms with Crippen LogP contribution in [0.15, 0.2) is 47.0 Å². The van der Waals surface area contributed by atoms with Crippen LogP contribution < -0.4 is 5.46 Å². The fraction of sp³-hybridized carbons (Fsp3) is 0.286. The molecule has 0 fully saturated rings. The number of aliphatic hydroxyl groups is 1. The second-order valence-corrected chi connectivity index (χ2v) is 8.26. The highest BCUT2D eigenvalue weighted by Gasteiger charge is 2.36. The van der Waals surface area contributed by atoms with Crippen molar-refractivity contribution >= 4 is 57.4 Å². The van der Waals surface area contributed by atoms with E-state index in [0.29, 0.717) is 10.6 Å². The maximum absolute atomic E-state index is 10.3. The number of aromatic nitrogens is 1. The molecule has 27 heavy (non-hydrogen) atoms. The zero-order chi connectivity index (χ0) is 19.4. The van der Waals surface area contributed by atoms with Crippen molar-refractivity contribution in [3.63, 3.8) is 0 Å². The fourth-order valence-electron chi connectivity index (χ4n) is 2.92. The van der Waals surface area contributed by atoms with E-state index in [2.05, 4.69) is 11.1 Å². The lowest BCUT2D eigenvalue weighted by Crippen LogP contribution is -2.49. The van der Waals surface area contributed by atoms with E-state index in [4.69, 9.17) is 20.7 Å². The number of hydrogen-bond acceptors (Lipinski definition) is 4. The van der Waals surface area contributed by atoms with Gasteiger partial charge in [0.2, 0.25) is 0 Å². The Balaban J connectivity index is 1.88. The molecule has 0 saturated heterocycles. The van der Waals surface area contributed by atoms with E-state index in [9.17, 15) is 5.11 Å². The van der Waals surface area contributed by atoms with E-state index in [0.717, 1.165) is 32.7 Å². The fourth-order valence-corrected chi connectivity index (χ4v) is 3.13. The van der Waals surface area contributed by atoms with Gasteiger partial charge in [0.15, 0.2) is 0 Å². The van der Waals surface area contributed by atoms with E-state index in [-0.39, 0.29) is 0 Å². The highest BCUT2D eigenvalue weighted by molar-refractivity contribution is 6.54. The lowest BCUT2D eigenvalue weighted by atomic mass is 9.80. The maximum Gasteiger partial charge on any atom is 0.331 e. The van der Waals surface area contributed by atoms with E-state index in [1.165, 1.54) is 0 Å². The molecule has 2 aromatic carbocycles. The molecule has 2 aromatic heterocycles. The number of halogens is 1. The molecule has 0 atom stereocenters. The second-order valence-electron chi connectivity index (χ2n) is 7.82. The van der Waals surface area contributed by atoms with Gasteiger partial charge in [-0.2, -0.15) is 0 Å². The standard InChI is InChI=1S/C21H20BClNO3/c1-20(2,25)21(3,4)27-22-15-9-13(23)10-18-19(15)14-8-12-6-5-7-24-16(12)11-17(14)26-18/h5-11,25H,1-4H3. The van der Waals surface area contributed by atoms with Crippen LogP contribution in [-0.2, 0) is 4.65 Å². The van der Waals surface area contributed by atoms with Gasteiger partial charge in [-0.05, 0) is 51.4 Å². The van der Waals surface area contributed by atoms with Crippen molar-refractivity contribution < 1.29 is 14.2 Å². The summed E-state index contributed by atoms with van der Waals surface area (Å²) in [5, 5.41) is 13.8. The monoisotopic (exact) mass is 380 g/mol. The average Bonchev–Trinajstić information content (AvgIpc) is 2.93. The smallest absolute Gasteiger partial charge is 0.331 e. The number of nitrogens with zero attached hydrogens (tertiary/aromatic N) is 1. The Morgan fingerprint density at radius 3 is 2.63 bits per heavy atom. The molecule has 6 heteroatoms. The largest absolute Gasteiger partial charge is 0.456 e. The summed E-state index contributed by atoms with van der Waals surface area (Å²) in [6.07, 6.45) is 1.76. The molecule has 0 saturated carbocycles. The minimum atomic E-state index is -1.01. The van der Waals surface area contributed by atoms with E-state index >= 15 is 0 Å². The van der Waals surface area contributed by atoms with Crippen LogP contribution in [0.25, 0.3) is 32.8 Å². The van der Waals surface area contributed by atoms with Gasteiger partial charge in [-0.3, -0.25) is 4.98 Å². The normalized spacial score (nSPS) is 13.0. The first-order valence-corrected chi connectivity index (χ1v) is 9.17. The third kappa shape index (κ3) is 3.20. The minimum absolute atomic E-state index is 0.556. The molecule has 0 aliphatic carbocycles. The van der Waals surface area contributed by atoms with Crippen LogP contribution >= 0.6 is 11.6 Å². The Morgan fingerprint density at radius 1 is 1.11 bits per heavy atom. The summed E-state index contributed by atoms with van der Waals surface area (Å²) in [6.45, 7) is 7.14. The molecule has 1 radical (unpaired) electrons. The van der Waals surface area contributed by atoms with E-state index in [1.54, 1.807) is 33.6 Å². The van der Waals surface area contributed by atoms with Gasteiger partial charge in [0, 0.05) is 39.5 Å². The summed E-state index contributed by atoms with van der Waals surface area (Å²) in [5.41, 5.74) is 1.31. The van der Waals surface area contributed by atoms with Crippen LogP contribution in [0.4, 0.5) is 0 Å². The van der Waals surface area contributed by atoms with Gasteiger partial charge in [0.05, 0.1) is 16.7 Å². The van der Waals surface area contributed by atoms with Crippen LogP contribution in [0.3, 0.4) is 0 Å². The highest BCUT2D eigenvalue weighted by Crippen LogP contribution is 2.32. The zero-order valence-corrected chi connectivity index (χ0v) is 16.5. The number of benzene rings is 2. The number of furan rings is 1. The highest BCUT2D eigenvalue weighted by atomic mass is 35.5. The van der Waals surface area contributed by atoms with Crippen LogP contribution in [0.2, 0.25) is 5.02 Å². The Bertz CT molecular complexity index is 1160. The lowest BCUT2D eigenvalue weighted by molar-refractivity contribution is -0.0893. The first kappa shape index (κ1) is 18.3. The second kappa shape index (κ2) is 6.23. The third-order valence-electron chi connectivity index (χ3n) is 5.24. The molecule has 0 spiro atoms. The SMILES string of the molecule is CC(C)(O)C(C)(C)O[B]c1cc(Cl)cc2oc3cc4ncccc4cc3c12. The van der Waals surface area contributed by atoms with Gasteiger partial charge >= 0.3 is 7.48 Å². The van der Waals surface area contributed by atoms with Crippen molar-refractivity contribution in [1.82, 2.24) is 4.98 Å². The third-order valence-corrected chi connectivity index (χ3v) is 5.46. The molecule has 137 valence electrons. The predicted molar refractivity (Wildman–Crippen MR) is 111 cm³/mol. The van der Waals surface area contributed by atoms with Gasteiger partial charge in [0.25, 0.3) is 0 Å². The van der Waals surface area contributed by atoms with Crippen molar-refractivity contribution in [3.8, 4) is 0 Å². The van der Waals surface area contributed by atoms with Crippen molar-refractivity contribution in [1.29, 1.82) is 0 Å². The van der Waals surface area contributed by atoms with E-state index in [1.807, 2.05) is 38.1 Å². The Morgan fingerprint density at radius 2 is 1.89 bits per heavy atom. The van der Waals surface area contributed by atoms with Crippen LogP contribution in [0, 0.1) is 0 Å². The zero-order valence-electron chi connectivity index (χ0n) is 15.7. The molecule has 0 aliphatic rings. The number of pyridine rings is 1. The molecule has 0 unspecified atom stereocenters. The molecule has 4 rings (SSSR count). The summed E-state index contributed by atoms with van der Waals surface area (Å²) in [5.74, 6) is 0. The quantitative estimate of drug-likeness (QED) is 0.526. The summed E-state index contributed by atoms with van der Waals surface area (Å²) in [6, 6.07) is 11.6. The van der Waals surface area contributed by atoms with Crippen LogP contribution in [-0.4, -0.2) is 28.8 Å². The molecule has 0 aliphatic heterocycles. The van der Waals surface area contributed by atoms with Gasteiger partial charge in [0.1, 0.15) is 11.2 Å². The molecule has 4 aromatic rings. The van der Waals surface area contributed by atoms with Gasteiger partial charge in [-0.25, -0.2) is 0 Å². The van der Waals surface area contributed by atoms with Gasteiger partial charge in [-0.1, -0.05) is 17.7 Å². The molecule has 2 heterocycles. The van der Waals surface area contributed by atoms with Crippen molar-refractivity contribution in [2.75, 3.05) is 0 Å². The molecule has 0 amide bonds. The number of hydrogen-bond donors (Lipinski definition) is 1. The molecule has 4 nitrogen and oxygen atoms in total. The Kier molecular flexibility index (Phi) is 4.22. The van der Waals surface area contributed by atoms with Crippen molar-refractivity contribution in [3.05, 3.63) is 47.6 Å². The molecule has 0 bridgehead atoms. The predicted octanol–water partition coefficient (Wildman–Crippen LogP) is 4.60. The topological polar surface area (TPSA) is 55.5 Å².